The minimum Gasteiger partial charge on any atom is -0.492 e. The molecule has 1 aromatic rings. The van der Waals surface area contributed by atoms with E-state index < -0.39 is 0 Å². The van der Waals surface area contributed by atoms with Crippen molar-refractivity contribution >= 4 is 15.9 Å². The van der Waals surface area contributed by atoms with Gasteiger partial charge in [0.25, 0.3) is 0 Å². The highest BCUT2D eigenvalue weighted by Crippen LogP contribution is 2.28. The molecule has 0 heterocycles. The first-order chi connectivity index (χ1) is 6.65. The lowest BCUT2D eigenvalue weighted by Gasteiger charge is -2.10. The Hall–Kier alpha value is -0.500. The van der Waals surface area contributed by atoms with Gasteiger partial charge in [0, 0.05) is 0 Å². The maximum Gasteiger partial charge on any atom is 0.133 e. The van der Waals surface area contributed by atoms with Crippen molar-refractivity contribution in [2.45, 2.75) is 27.2 Å². The molecule has 0 aliphatic rings. The standard InChI is InChI=1S/C12H16BrO/c1-4-7-14-12-6-5-10(9(2)3)8-11(12)13/h5-6,8H,4,7H2,1-3H3. The molecule has 1 radical (unpaired) electrons. The van der Waals surface area contributed by atoms with E-state index in [0.29, 0.717) is 0 Å². The van der Waals surface area contributed by atoms with Crippen molar-refractivity contribution in [1.29, 1.82) is 0 Å². The van der Waals surface area contributed by atoms with E-state index in [1.54, 1.807) is 0 Å². The first-order valence-electron chi connectivity index (χ1n) is 4.88. The highest BCUT2D eigenvalue weighted by atomic mass is 79.9. The molecule has 0 atom stereocenters. The molecule has 0 unspecified atom stereocenters. The predicted octanol–water partition coefficient (Wildman–Crippen LogP) is 4.20. The molecule has 1 aromatic carbocycles. The lowest BCUT2D eigenvalue weighted by molar-refractivity contribution is 0.315. The van der Waals surface area contributed by atoms with E-state index in [4.69, 9.17) is 4.74 Å². The van der Waals surface area contributed by atoms with Crippen LogP contribution in [0.25, 0.3) is 0 Å². The summed E-state index contributed by atoms with van der Waals surface area (Å²) in [5.74, 6) is 2.24. The molecule has 0 fully saturated rings. The maximum atomic E-state index is 5.56. The highest BCUT2D eigenvalue weighted by Gasteiger charge is 2.04. The smallest absolute Gasteiger partial charge is 0.133 e. The van der Waals surface area contributed by atoms with Gasteiger partial charge in [0.1, 0.15) is 5.75 Å². The average Bonchev–Trinajstić information content (AvgIpc) is 2.15. The van der Waals surface area contributed by atoms with Crippen molar-refractivity contribution in [1.82, 2.24) is 0 Å². The van der Waals surface area contributed by atoms with E-state index >= 15 is 0 Å². The summed E-state index contributed by atoms with van der Waals surface area (Å²) < 4.78 is 6.60. The van der Waals surface area contributed by atoms with Gasteiger partial charge in [-0.3, -0.25) is 0 Å². The Kier molecular flexibility index (Phi) is 4.46. The summed E-state index contributed by atoms with van der Waals surface area (Å²) in [6, 6.07) is 6.20. The quantitative estimate of drug-likeness (QED) is 0.784. The van der Waals surface area contributed by atoms with Crippen LogP contribution in [0.2, 0.25) is 0 Å². The van der Waals surface area contributed by atoms with Gasteiger partial charge in [-0.1, -0.05) is 26.8 Å². The number of hydrogen-bond donors (Lipinski definition) is 0. The van der Waals surface area contributed by atoms with E-state index in [9.17, 15) is 0 Å². The summed E-state index contributed by atoms with van der Waals surface area (Å²) in [5.41, 5.74) is 1.25. The molecule has 1 rings (SSSR count). The van der Waals surface area contributed by atoms with Crippen LogP contribution >= 0.6 is 15.9 Å². The van der Waals surface area contributed by atoms with Crippen molar-refractivity contribution < 1.29 is 4.74 Å². The monoisotopic (exact) mass is 255 g/mol. The number of halogens is 1. The molecular formula is C12H16BrO. The summed E-state index contributed by atoms with van der Waals surface area (Å²) in [7, 11) is 0. The Morgan fingerprint density at radius 2 is 2.07 bits per heavy atom. The largest absolute Gasteiger partial charge is 0.492 e. The van der Waals surface area contributed by atoms with Gasteiger partial charge < -0.3 is 4.74 Å². The fourth-order valence-electron chi connectivity index (χ4n) is 1.14. The number of benzene rings is 1. The second-order valence-corrected chi connectivity index (χ2v) is 4.35. The zero-order valence-corrected chi connectivity index (χ0v) is 10.5. The Morgan fingerprint density at radius 3 is 2.57 bits per heavy atom. The lowest BCUT2D eigenvalue weighted by atomic mass is 10.0. The molecule has 77 valence electrons. The van der Waals surface area contributed by atoms with E-state index in [0.717, 1.165) is 23.2 Å². The summed E-state index contributed by atoms with van der Waals surface area (Å²) in [6.45, 7) is 7.09. The van der Waals surface area contributed by atoms with Crippen LogP contribution in [0, 0.1) is 5.92 Å². The van der Waals surface area contributed by atoms with Crippen LogP contribution in [0.1, 0.15) is 32.8 Å². The first-order valence-corrected chi connectivity index (χ1v) is 5.67. The van der Waals surface area contributed by atoms with Crippen LogP contribution in [0.5, 0.6) is 5.75 Å². The van der Waals surface area contributed by atoms with Crippen LogP contribution in [-0.2, 0) is 0 Å². The van der Waals surface area contributed by atoms with Crippen LogP contribution < -0.4 is 4.74 Å². The molecule has 0 bridgehead atoms. The molecule has 0 aliphatic heterocycles. The molecular weight excluding hydrogens is 240 g/mol. The van der Waals surface area contributed by atoms with Crippen LogP contribution in [0.15, 0.2) is 22.7 Å². The number of ether oxygens (including phenoxy) is 1. The first kappa shape index (κ1) is 11.6. The Morgan fingerprint density at radius 1 is 1.36 bits per heavy atom. The van der Waals surface area contributed by atoms with Gasteiger partial charge in [-0.15, -0.1) is 0 Å². The van der Waals surface area contributed by atoms with Crippen LogP contribution in [0.3, 0.4) is 0 Å². The zero-order valence-electron chi connectivity index (χ0n) is 8.93. The van der Waals surface area contributed by atoms with Crippen molar-refractivity contribution in [2.24, 2.45) is 0 Å². The summed E-state index contributed by atoms with van der Waals surface area (Å²) in [6.07, 6.45) is 1.03. The predicted molar refractivity (Wildman–Crippen MR) is 63.6 cm³/mol. The third-order valence-corrected chi connectivity index (χ3v) is 2.59. The molecule has 2 heteroatoms. The number of rotatable bonds is 4. The molecule has 14 heavy (non-hydrogen) atoms. The molecule has 0 saturated heterocycles. The van der Waals surface area contributed by atoms with E-state index in [2.05, 4.69) is 48.8 Å². The lowest BCUT2D eigenvalue weighted by Crippen LogP contribution is -1.96. The highest BCUT2D eigenvalue weighted by molar-refractivity contribution is 9.10. The number of hydrogen-bond acceptors (Lipinski definition) is 1. The van der Waals surface area contributed by atoms with Crippen LogP contribution in [-0.4, -0.2) is 6.61 Å². The molecule has 0 spiro atoms. The molecule has 1 nitrogen and oxygen atoms in total. The average molecular weight is 256 g/mol. The van der Waals surface area contributed by atoms with Gasteiger partial charge in [0.05, 0.1) is 11.1 Å². The van der Waals surface area contributed by atoms with Crippen molar-refractivity contribution in [2.75, 3.05) is 6.61 Å². The third-order valence-electron chi connectivity index (χ3n) is 1.97. The molecule has 0 saturated carbocycles. The molecule has 0 aliphatic carbocycles. The second kappa shape index (κ2) is 5.40. The molecule has 0 N–H and O–H groups in total. The molecule has 0 aromatic heterocycles. The van der Waals surface area contributed by atoms with Crippen molar-refractivity contribution in [3.05, 3.63) is 34.2 Å². The summed E-state index contributed by atoms with van der Waals surface area (Å²) >= 11 is 3.51. The van der Waals surface area contributed by atoms with E-state index in [-0.39, 0.29) is 0 Å². The maximum absolute atomic E-state index is 5.56. The SMILES string of the molecule is CCCOc1ccc([C](C)C)cc1Br. The minimum absolute atomic E-state index is 0.771. The fourth-order valence-corrected chi connectivity index (χ4v) is 1.63. The molecule has 0 amide bonds. The van der Waals surface area contributed by atoms with Crippen LogP contribution in [0.4, 0.5) is 0 Å². The Labute approximate surface area is 94.6 Å². The van der Waals surface area contributed by atoms with Gasteiger partial charge in [0.15, 0.2) is 0 Å². The fraction of sp³-hybridized carbons (Fsp3) is 0.417. The third kappa shape index (κ3) is 3.02. The normalized spacial score (nSPS) is 10.6. The van der Waals surface area contributed by atoms with E-state index in [1.807, 2.05) is 6.07 Å². The summed E-state index contributed by atoms with van der Waals surface area (Å²) in [5, 5.41) is 0. The summed E-state index contributed by atoms with van der Waals surface area (Å²) in [4.78, 5) is 0. The van der Waals surface area contributed by atoms with Gasteiger partial charge >= 0.3 is 0 Å². The van der Waals surface area contributed by atoms with Gasteiger partial charge in [0.2, 0.25) is 0 Å². The van der Waals surface area contributed by atoms with E-state index in [1.165, 1.54) is 11.5 Å². The van der Waals surface area contributed by atoms with Gasteiger partial charge in [-0.25, -0.2) is 0 Å². The minimum atomic E-state index is 0.771. The van der Waals surface area contributed by atoms with Gasteiger partial charge in [-0.05, 0) is 46.0 Å². The zero-order chi connectivity index (χ0) is 10.6. The Bertz CT molecular complexity index is 294. The van der Waals surface area contributed by atoms with Gasteiger partial charge in [-0.2, -0.15) is 0 Å². The van der Waals surface area contributed by atoms with Crippen molar-refractivity contribution in [3.8, 4) is 5.75 Å². The Balaban J connectivity index is 2.79. The second-order valence-electron chi connectivity index (χ2n) is 3.49. The topological polar surface area (TPSA) is 9.23 Å². The van der Waals surface area contributed by atoms with Crippen molar-refractivity contribution in [3.63, 3.8) is 0 Å².